The van der Waals surface area contributed by atoms with Gasteiger partial charge in [0.15, 0.2) is 0 Å². The summed E-state index contributed by atoms with van der Waals surface area (Å²) >= 11 is 0. The third-order valence-corrected chi connectivity index (χ3v) is 2.31. The van der Waals surface area contributed by atoms with Crippen LogP contribution in [0.4, 0.5) is 0 Å². The van der Waals surface area contributed by atoms with Crippen LogP contribution in [0.15, 0.2) is 0 Å². The van der Waals surface area contributed by atoms with Crippen molar-refractivity contribution in [1.82, 2.24) is 4.90 Å². The van der Waals surface area contributed by atoms with Gasteiger partial charge in [-0.15, -0.1) is 0 Å². The first-order valence-corrected chi connectivity index (χ1v) is 4.46. The monoisotopic (exact) mass is 159 g/mol. The van der Waals surface area contributed by atoms with Gasteiger partial charge in [-0.2, -0.15) is 0 Å². The Kier molecular flexibility index (Phi) is 5.51. The van der Waals surface area contributed by atoms with E-state index in [1.54, 1.807) is 6.92 Å². The lowest BCUT2D eigenvalue weighted by Gasteiger charge is -2.21. The minimum atomic E-state index is -0.306. The van der Waals surface area contributed by atoms with Crippen molar-refractivity contribution in [3.05, 3.63) is 0 Å². The van der Waals surface area contributed by atoms with Gasteiger partial charge >= 0.3 is 0 Å². The summed E-state index contributed by atoms with van der Waals surface area (Å²) < 4.78 is 0. The Labute approximate surface area is 70.2 Å². The van der Waals surface area contributed by atoms with E-state index in [9.17, 15) is 0 Å². The van der Waals surface area contributed by atoms with Gasteiger partial charge in [-0.25, -0.2) is 0 Å². The van der Waals surface area contributed by atoms with Crippen LogP contribution in [0.5, 0.6) is 0 Å². The number of rotatable bonds is 5. The second kappa shape index (κ2) is 5.56. The van der Waals surface area contributed by atoms with E-state index in [0.717, 1.165) is 12.5 Å². The molecule has 0 saturated heterocycles. The Morgan fingerprint density at radius 2 is 1.91 bits per heavy atom. The molecule has 0 aromatic heterocycles. The van der Waals surface area contributed by atoms with Gasteiger partial charge in [0.1, 0.15) is 6.23 Å². The molecule has 1 N–H and O–H groups in total. The molecule has 0 amide bonds. The normalized spacial score (nSPS) is 16.9. The van der Waals surface area contributed by atoms with Crippen molar-refractivity contribution < 1.29 is 5.11 Å². The summed E-state index contributed by atoms with van der Waals surface area (Å²) in [4.78, 5) is 1.96. The topological polar surface area (TPSA) is 23.5 Å². The summed E-state index contributed by atoms with van der Waals surface area (Å²) in [5.41, 5.74) is 0. The molecule has 2 heteroatoms. The fourth-order valence-electron chi connectivity index (χ4n) is 0.815. The van der Waals surface area contributed by atoms with Crippen LogP contribution in [0.2, 0.25) is 0 Å². The first-order valence-electron chi connectivity index (χ1n) is 4.46. The first kappa shape index (κ1) is 10.9. The average molecular weight is 159 g/mol. The van der Waals surface area contributed by atoms with Gasteiger partial charge in [0, 0.05) is 6.54 Å². The van der Waals surface area contributed by atoms with Crippen LogP contribution in [-0.4, -0.2) is 29.8 Å². The summed E-state index contributed by atoms with van der Waals surface area (Å²) in [6.07, 6.45) is 2.10. The van der Waals surface area contributed by atoms with Crippen LogP contribution in [0, 0.1) is 5.92 Å². The van der Waals surface area contributed by atoms with Crippen molar-refractivity contribution in [2.45, 2.75) is 39.8 Å². The third kappa shape index (κ3) is 5.22. The lowest BCUT2D eigenvalue weighted by molar-refractivity contribution is 0.0352. The van der Waals surface area contributed by atoms with E-state index >= 15 is 0 Å². The zero-order valence-electron chi connectivity index (χ0n) is 8.17. The maximum Gasteiger partial charge on any atom is 0.104 e. The van der Waals surface area contributed by atoms with Crippen molar-refractivity contribution in [3.8, 4) is 0 Å². The molecule has 0 spiro atoms. The molecule has 0 aromatic carbocycles. The van der Waals surface area contributed by atoms with E-state index in [2.05, 4.69) is 13.8 Å². The van der Waals surface area contributed by atoms with Gasteiger partial charge < -0.3 is 5.11 Å². The number of hydrogen-bond acceptors (Lipinski definition) is 2. The summed E-state index contributed by atoms with van der Waals surface area (Å²) in [7, 11) is 1.95. The van der Waals surface area contributed by atoms with Crippen LogP contribution in [0.3, 0.4) is 0 Å². The minimum Gasteiger partial charge on any atom is -0.379 e. The van der Waals surface area contributed by atoms with Gasteiger partial charge in [-0.1, -0.05) is 20.3 Å². The Morgan fingerprint density at radius 1 is 1.36 bits per heavy atom. The SMILES string of the molecule is CCC(C)CCN(C)C(C)O. The van der Waals surface area contributed by atoms with Crippen molar-refractivity contribution in [2.24, 2.45) is 5.92 Å². The van der Waals surface area contributed by atoms with Gasteiger partial charge in [0.2, 0.25) is 0 Å². The number of aliphatic hydroxyl groups is 1. The van der Waals surface area contributed by atoms with Crippen LogP contribution < -0.4 is 0 Å². The van der Waals surface area contributed by atoms with Gasteiger partial charge in [-0.3, -0.25) is 4.90 Å². The van der Waals surface area contributed by atoms with Crippen LogP contribution >= 0.6 is 0 Å². The first-order chi connectivity index (χ1) is 5.07. The quantitative estimate of drug-likeness (QED) is 0.617. The molecule has 0 rings (SSSR count). The highest BCUT2D eigenvalue weighted by Gasteiger charge is 2.05. The van der Waals surface area contributed by atoms with E-state index in [-0.39, 0.29) is 6.23 Å². The fraction of sp³-hybridized carbons (Fsp3) is 1.00. The predicted molar refractivity (Wildman–Crippen MR) is 48.4 cm³/mol. The largest absolute Gasteiger partial charge is 0.379 e. The zero-order chi connectivity index (χ0) is 8.85. The highest BCUT2D eigenvalue weighted by atomic mass is 16.3. The molecule has 68 valence electrons. The van der Waals surface area contributed by atoms with Crippen LogP contribution in [-0.2, 0) is 0 Å². The van der Waals surface area contributed by atoms with Crippen LogP contribution in [0.25, 0.3) is 0 Å². The molecular weight excluding hydrogens is 138 g/mol. The smallest absolute Gasteiger partial charge is 0.104 e. The molecule has 0 aliphatic rings. The Bertz CT molecular complexity index is 93.6. The fourth-order valence-corrected chi connectivity index (χ4v) is 0.815. The predicted octanol–water partition coefficient (Wildman–Crippen LogP) is 1.69. The number of aliphatic hydroxyl groups excluding tert-OH is 1. The molecule has 0 aromatic rings. The molecule has 0 radical (unpaired) electrons. The molecule has 0 aliphatic carbocycles. The second-order valence-corrected chi connectivity index (χ2v) is 3.41. The molecule has 2 atom stereocenters. The number of hydrogen-bond donors (Lipinski definition) is 1. The zero-order valence-corrected chi connectivity index (χ0v) is 8.17. The Morgan fingerprint density at radius 3 is 2.27 bits per heavy atom. The summed E-state index contributed by atoms with van der Waals surface area (Å²) in [5, 5.41) is 9.13. The second-order valence-electron chi connectivity index (χ2n) is 3.41. The van der Waals surface area contributed by atoms with E-state index in [4.69, 9.17) is 5.11 Å². The molecule has 0 saturated carbocycles. The minimum absolute atomic E-state index is 0.306. The maximum absolute atomic E-state index is 9.13. The van der Waals surface area contributed by atoms with E-state index < -0.39 is 0 Å². The standard InChI is InChI=1S/C9H21NO/c1-5-8(2)6-7-10(4)9(3)11/h8-9,11H,5-7H2,1-4H3. The molecular formula is C9H21NO. The van der Waals surface area contributed by atoms with Gasteiger partial charge in [0.25, 0.3) is 0 Å². The third-order valence-electron chi connectivity index (χ3n) is 2.31. The van der Waals surface area contributed by atoms with E-state index in [0.29, 0.717) is 0 Å². The Hall–Kier alpha value is -0.0800. The van der Waals surface area contributed by atoms with Crippen molar-refractivity contribution in [2.75, 3.05) is 13.6 Å². The summed E-state index contributed by atoms with van der Waals surface area (Å²) in [5.74, 6) is 0.774. The molecule has 2 unspecified atom stereocenters. The molecule has 0 fully saturated rings. The Balaban J connectivity index is 3.37. The molecule has 11 heavy (non-hydrogen) atoms. The van der Waals surface area contributed by atoms with Crippen LogP contribution in [0.1, 0.15) is 33.6 Å². The highest BCUT2D eigenvalue weighted by Crippen LogP contribution is 2.07. The van der Waals surface area contributed by atoms with E-state index in [1.165, 1.54) is 12.8 Å². The van der Waals surface area contributed by atoms with Crippen molar-refractivity contribution >= 4 is 0 Å². The summed E-state index contributed by atoms with van der Waals surface area (Å²) in [6, 6.07) is 0. The highest BCUT2D eigenvalue weighted by molar-refractivity contribution is 4.56. The average Bonchev–Trinajstić information content (AvgIpc) is 1.99. The van der Waals surface area contributed by atoms with Gasteiger partial charge in [-0.05, 0) is 26.3 Å². The van der Waals surface area contributed by atoms with Gasteiger partial charge in [0.05, 0.1) is 0 Å². The summed E-state index contributed by atoms with van der Waals surface area (Å²) in [6.45, 7) is 7.24. The molecule has 0 heterocycles. The maximum atomic E-state index is 9.13. The van der Waals surface area contributed by atoms with Crippen molar-refractivity contribution in [1.29, 1.82) is 0 Å². The van der Waals surface area contributed by atoms with Crippen molar-refractivity contribution in [3.63, 3.8) is 0 Å². The number of nitrogens with zero attached hydrogens (tertiary/aromatic N) is 1. The molecule has 2 nitrogen and oxygen atoms in total. The van der Waals surface area contributed by atoms with E-state index in [1.807, 2.05) is 11.9 Å². The molecule has 0 aliphatic heterocycles. The lowest BCUT2D eigenvalue weighted by atomic mass is 10.1. The lowest BCUT2D eigenvalue weighted by Crippen LogP contribution is -2.30. The molecule has 0 bridgehead atoms.